The molecule has 0 radical (unpaired) electrons. The third-order valence-corrected chi connectivity index (χ3v) is 13.7. The third-order valence-electron chi connectivity index (χ3n) is 12.5. The van der Waals surface area contributed by atoms with Crippen LogP contribution in [0.15, 0.2) is 158 Å². The minimum atomic E-state index is -0.0878. The molecule has 10 aromatic rings. The first kappa shape index (κ1) is 33.1. The van der Waals surface area contributed by atoms with Crippen LogP contribution in [-0.2, 0) is 5.41 Å². The zero-order valence-electron chi connectivity index (χ0n) is 32.1. The summed E-state index contributed by atoms with van der Waals surface area (Å²) in [5.41, 5.74) is 13.0. The highest BCUT2D eigenvalue weighted by Crippen LogP contribution is 2.51. The van der Waals surface area contributed by atoms with E-state index < -0.39 is 0 Å². The highest BCUT2D eigenvalue weighted by atomic mass is 32.1. The van der Waals surface area contributed by atoms with E-state index in [0.29, 0.717) is 0 Å². The minimum absolute atomic E-state index is 0.0878. The molecule has 0 bridgehead atoms. The van der Waals surface area contributed by atoms with Crippen LogP contribution in [0.2, 0.25) is 0 Å². The Balaban J connectivity index is 1.07. The molecule has 0 unspecified atom stereocenters. The van der Waals surface area contributed by atoms with Gasteiger partial charge >= 0.3 is 0 Å². The van der Waals surface area contributed by atoms with Gasteiger partial charge in [-0.25, -0.2) is 0 Å². The standard InChI is InChI=1S/C55H40S/c1-5-41-42(6-2)54(38-23-22-33-14-7-8-15-34(33)26-38)45-20-10-9-19-44(45)53(41)37-17-13-16-35(27-37)36-24-25-49-46(28-36)47-29-40-32-52-48(43-18-11-12-21-51(43)56-52)30-39(40)31-50(47)55(49,3)4/h5-32H,1-4H3/b41-5+,42-6+. The van der Waals surface area contributed by atoms with Gasteiger partial charge in [0.1, 0.15) is 0 Å². The average molecular weight is 733 g/mol. The topological polar surface area (TPSA) is 0 Å². The van der Waals surface area contributed by atoms with E-state index in [1.54, 1.807) is 0 Å². The lowest BCUT2D eigenvalue weighted by atomic mass is 9.81. The molecule has 0 nitrogen and oxygen atoms in total. The summed E-state index contributed by atoms with van der Waals surface area (Å²) in [6.45, 7) is 9.14. The van der Waals surface area contributed by atoms with E-state index in [-0.39, 0.29) is 5.41 Å². The van der Waals surface area contributed by atoms with Gasteiger partial charge in [-0.15, -0.1) is 11.3 Å². The van der Waals surface area contributed by atoms with Crippen molar-refractivity contribution in [2.75, 3.05) is 0 Å². The molecule has 0 amide bonds. The summed E-state index contributed by atoms with van der Waals surface area (Å²) in [6, 6.07) is 59.5. The molecular weight excluding hydrogens is 693 g/mol. The molecule has 0 spiro atoms. The predicted octanol–water partition coefficient (Wildman–Crippen LogP) is 14.4. The van der Waals surface area contributed by atoms with Crippen LogP contribution in [0.5, 0.6) is 0 Å². The first-order chi connectivity index (χ1) is 27.4. The second-order valence-corrected chi connectivity index (χ2v) is 17.0. The van der Waals surface area contributed by atoms with Crippen molar-refractivity contribution in [3.05, 3.63) is 179 Å². The molecular formula is C55H40S. The average Bonchev–Trinajstić information content (AvgIpc) is 3.70. The molecule has 1 aromatic heterocycles. The quantitative estimate of drug-likeness (QED) is 0.170. The highest BCUT2D eigenvalue weighted by molar-refractivity contribution is 7.25. The van der Waals surface area contributed by atoms with E-state index in [4.69, 9.17) is 0 Å². The number of benzene rings is 9. The Morgan fingerprint density at radius 1 is 0.393 bits per heavy atom. The van der Waals surface area contributed by atoms with Gasteiger partial charge in [0.2, 0.25) is 0 Å². The lowest BCUT2D eigenvalue weighted by Crippen LogP contribution is -2.29. The maximum atomic E-state index is 2.47. The van der Waals surface area contributed by atoms with Crippen LogP contribution in [0, 0.1) is 0 Å². The summed E-state index contributed by atoms with van der Waals surface area (Å²) in [5.74, 6) is 0. The normalized spacial score (nSPS) is 14.1. The fourth-order valence-corrected chi connectivity index (χ4v) is 10.9. The molecule has 0 atom stereocenters. The molecule has 1 heterocycles. The van der Waals surface area contributed by atoms with Gasteiger partial charge in [-0.2, -0.15) is 0 Å². The molecule has 0 N–H and O–H groups in total. The lowest BCUT2D eigenvalue weighted by molar-refractivity contribution is 0.661. The van der Waals surface area contributed by atoms with Crippen LogP contribution in [0.1, 0.15) is 38.8 Å². The molecule has 9 aromatic carbocycles. The Hall–Kier alpha value is -6.28. The van der Waals surface area contributed by atoms with Crippen molar-refractivity contribution < 1.29 is 0 Å². The smallest absolute Gasteiger partial charge is 0.0361 e. The van der Waals surface area contributed by atoms with E-state index in [1.165, 1.54) is 119 Å². The van der Waals surface area contributed by atoms with Crippen molar-refractivity contribution in [1.29, 1.82) is 0 Å². The van der Waals surface area contributed by atoms with Gasteiger partial charge in [0, 0.05) is 25.6 Å². The summed E-state index contributed by atoms with van der Waals surface area (Å²) >= 11 is 1.90. The Bertz CT molecular complexity index is 3410. The van der Waals surface area contributed by atoms with Crippen molar-refractivity contribution in [2.45, 2.75) is 33.1 Å². The van der Waals surface area contributed by atoms with E-state index in [2.05, 4.69) is 198 Å². The zero-order chi connectivity index (χ0) is 37.7. The van der Waals surface area contributed by atoms with E-state index in [9.17, 15) is 0 Å². The van der Waals surface area contributed by atoms with Gasteiger partial charge in [-0.1, -0.05) is 135 Å². The summed E-state index contributed by atoms with van der Waals surface area (Å²) in [5, 5.41) is 13.0. The van der Waals surface area contributed by atoms with Crippen molar-refractivity contribution in [3.63, 3.8) is 0 Å². The number of rotatable bonds is 3. The number of fused-ring (bicyclic) bond motifs is 9. The highest BCUT2D eigenvalue weighted by Gasteiger charge is 2.36. The van der Waals surface area contributed by atoms with Gasteiger partial charge in [0.25, 0.3) is 0 Å². The van der Waals surface area contributed by atoms with E-state index in [1.807, 2.05) is 11.3 Å². The minimum Gasteiger partial charge on any atom is -0.135 e. The molecule has 1 heteroatoms. The third kappa shape index (κ3) is 4.84. The number of thiophene rings is 1. The molecule has 0 saturated heterocycles. The van der Waals surface area contributed by atoms with Crippen LogP contribution < -0.4 is 10.4 Å². The lowest BCUT2D eigenvalue weighted by Gasteiger charge is -2.22. The fourth-order valence-electron chi connectivity index (χ4n) is 9.80. The van der Waals surface area contributed by atoms with Crippen molar-refractivity contribution in [1.82, 2.24) is 0 Å². The Kier molecular flexibility index (Phi) is 7.31. The maximum Gasteiger partial charge on any atom is 0.0361 e. The van der Waals surface area contributed by atoms with Crippen molar-refractivity contribution in [3.8, 4) is 44.5 Å². The fraction of sp³-hybridized carbons (Fsp3) is 0.0909. The monoisotopic (exact) mass is 732 g/mol. The van der Waals surface area contributed by atoms with Gasteiger partial charge in [0.05, 0.1) is 0 Å². The number of hydrogen-bond acceptors (Lipinski definition) is 1. The Labute approximate surface area is 331 Å². The molecule has 56 heavy (non-hydrogen) atoms. The summed E-state index contributed by atoms with van der Waals surface area (Å²) in [4.78, 5) is 0. The van der Waals surface area contributed by atoms with Crippen LogP contribution in [0.25, 0.3) is 109 Å². The molecule has 266 valence electrons. The number of hydrogen-bond donors (Lipinski definition) is 0. The molecule has 0 aliphatic heterocycles. The van der Waals surface area contributed by atoms with Crippen molar-refractivity contribution >= 4 is 76.0 Å². The molecule has 0 saturated carbocycles. The summed E-state index contributed by atoms with van der Waals surface area (Å²) < 4.78 is 2.71. The molecule has 1 aliphatic rings. The molecule has 1 aliphatic carbocycles. The van der Waals surface area contributed by atoms with Crippen molar-refractivity contribution in [2.24, 2.45) is 0 Å². The largest absolute Gasteiger partial charge is 0.135 e. The second-order valence-electron chi connectivity index (χ2n) is 15.9. The summed E-state index contributed by atoms with van der Waals surface area (Å²) in [6.07, 6.45) is 4.61. The molecule has 11 rings (SSSR count). The van der Waals surface area contributed by atoms with Gasteiger partial charge in [-0.05, 0) is 161 Å². The van der Waals surface area contributed by atoms with E-state index >= 15 is 0 Å². The maximum absolute atomic E-state index is 2.47. The van der Waals surface area contributed by atoms with Gasteiger partial charge in [-0.3, -0.25) is 0 Å². The van der Waals surface area contributed by atoms with Crippen LogP contribution in [0.3, 0.4) is 0 Å². The van der Waals surface area contributed by atoms with Gasteiger partial charge in [0.15, 0.2) is 0 Å². The predicted molar refractivity (Wildman–Crippen MR) is 245 cm³/mol. The van der Waals surface area contributed by atoms with Gasteiger partial charge < -0.3 is 0 Å². The van der Waals surface area contributed by atoms with Crippen LogP contribution in [-0.4, -0.2) is 0 Å². The first-order valence-corrected chi connectivity index (χ1v) is 20.5. The Morgan fingerprint density at radius 2 is 1.00 bits per heavy atom. The Morgan fingerprint density at radius 3 is 1.77 bits per heavy atom. The zero-order valence-corrected chi connectivity index (χ0v) is 32.9. The second kappa shape index (κ2) is 12.4. The van der Waals surface area contributed by atoms with Crippen LogP contribution in [0.4, 0.5) is 0 Å². The SMILES string of the molecule is C/C=c1/c(-c2cccc(-c3ccc4c(c3)-c3cc5cc6sc7ccccc7c6cc5cc3C4(C)C)c2)c2ccccc2c(-c2ccc3ccccc3c2)/c1=C/C. The van der Waals surface area contributed by atoms with Crippen LogP contribution >= 0.6 is 11.3 Å². The molecule has 0 fully saturated rings. The van der Waals surface area contributed by atoms with E-state index in [0.717, 1.165) is 0 Å². The summed E-state index contributed by atoms with van der Waals surface area (Å²) in [7, 11) is 0. The first-order valence-electron chi connectivity index (χ1n) is 19.7.